The zero-order chi connectivity index (χ0) is 18.1. The van der Waals surface area contributed by atoms with E-state index in [0.717, 1.165) is 5.56 Å². The Labute approximate surface area is 148 Å². The van der Waals surface area contributed by atoms with Crippen LogP contribution in [0.25, 0.3) is 22.6 Å². The maximum Gasteiger partial charge on any atom is 0.339 e. The van der Waals surface area contributed by atoms with Gasteiger partial charge in [0.1, 0.15) is 18.6 Å². The molecule has 0 saturated heterocycles. The van der Waals surface area contributed by atoms with E-state index in [-0.39, 0.29) is 6.61 Å². The highest BCUT2D eigenvalue weighted by Crippen LogP contribution is 2.23. The summed E-state index contributed by atoms with van der Waals surface area (Å²) in [6, 6.07) is 11.2. The number of fused-ring (bicyclic) bond motifs is 1. The Balaban J connectivity index is 1.53. The van der Waals surface area contributed by atoms with E-state index in [1.54, 1.807) is 19.9 Å². The molecule has 0 bridgehead atoms. The second kappa shape index (κ2) is 6.44. The van der Waals surface area contributed by atoms with Crippen molar-refractivity contribution in [1.29, 1.82) is 0 Å². The van der Waals surface area contributed by atoms with Crippen molar-refractivity contribution in [1.82, 2.24) is 15.1 Å². The lowest BCUT2D eigenvalue weighted by Crippen LogP contribution is -2.07. The first-order chi connectivity index (χ1) is 12.6. The van der Waals surface area contributed by atoms with E-state index in [2.05, 4.69) is 15.1 Å². The molecule has 0 fully saturated rings. The standard InChI is InChI=1S/C19H15N3O4/c1-11-8-15(16-12(2)22-26-18(16)20-11)19(23)25-10-14-9-24-17(21-14)13-6-4-3-5-7-13/h3-9H,10H2,1-2H3. The Morgan fingerprint density at radius 1 is 1.15 bits per heavy atom. The van der Waals surface area contributed by atoms with Crippen LogP contribution < -0.4 is 0 Å². The molecule has 0 aliphatic rings. The third kappa shape index (κ3) is 2.95. The van der Waals surface area contributed by atoms with E-state index >= 15 is 0 Å². The van der Waals surface area contributed by atoms with Gasteiger partial charge >= 0.3 is 5.97 Å². The summed E-state index contributed by atoms with van der Waals surface area (Å²) in [5.74, 6) is -0.00950. The summed E-state index contributed by atoms with van der Waals surface area (Å²) in [6.07, 6.45) is 1.48. The Bertz CT molecular complexity index is 1080. The van der Waals surface area contributed by atoms with Gasteiger partial charge in [-0.05, 0) is 32.0 Å². The lowest BCUT2D eigenvalue weighted by Gasteiger charge is -2.04. The van der Waals surface area contributed by atoms with Crippen LogP contribution in [0.15, 0.2) is 51.6 Å². The van der Waals surface area contributed by atoms with Crippen molar-refractivity contribution in [2.75, 3.05) is 0 Å². The molecule has 0 atom stereocenters. The van der Waals surface area contributed by atoms with Gasteiger partial charge in [-0.2, -0.15) is 0 Å². The zero-order valence-electron chi connectivity index (χ0n) is 14.2. The lowest BCUT2D eigenvalue weighted by atomic mass is 10.1. The molecule has 7 nitrogen and oxygen atoms in total. The fourth-order valence-electron chi connectivity index (χ4n) is 2.68. The van der Waals surface area contributed by atoms with Gasteiger partial charge in [-0.1, -0.05) is 23.4 Å². The fourth-order valence-corrected chi connectivity index (χ4v) is 2.68. The molecule has 0 spiro atoms. The Hall–Kier alpha value is -3.48. The minimum Gasteiger partial charge on any atom is -0.455 e. The molecular weight excluding hydrogens is 334 g/mol. The van der Waals surface area contributed by atoms with Gasteiger partial charge in [0, 0.05) is 11.3 Å². The van der Waals surface area contributed by atoms with Gasteiger partial charge < -0.3 is 13.7 Å². The van der Waals surface area contributed by atoms with Crippen LogP contribution >= 0.6 is 0 Å². The summed E-state index contributed by atoms with van der Waals surface area (Å²) >= 11 is 0. The average Bonchev–Trinajstić information content (AvgIpc) is 3.27. The highest BCUT2D eigenvalue weighted by atomic mass is 16.5. The maximum absolute atomic E-state index is 12.5. The van der Waals surface area contributed by atoms with Gasteiger partial charge in [-0.25, -0.2) is 14.8 Å². The molecule has 7 heteroatoms. The highest BCUT2D eigenvalue weighted by molar-refractivity contribution is 6.03. The third-order valence-electron chi connectivity index (χ3n) is 3.89. The molecule has 3 heterocycles. The van der Waals surface area contributed by atoms with Gasteiger partial charge in [0.15, 0.2) is 0 Å². The topological polar surface area (TPSA) is 91.2 Å². The van der Waals surface area contributed by atoms with Crippen LogP contribution in [-0.2, 0) is 11.3 Å². The van der Waals surface area contributed by atoms with Crippen molar-refractivity contribution < 1.29 is 18.5 Å². The molecule has 1 aromatic carbocycles. The van der Waals surface area contributed by atoms with E-state index in [9.17, 15) is 4.79 Å². The minimum absolute atomic E-state index is 0.00234. The smallest absolute Gasteiger partial charge is 0.339 e. The molecule has 0 aliphatic heterocycles. The fraction of sp³-hybridized carbons (Fsp3) is 0.158. The summed E-state index contributed by atoms with van der Waals surface area (Å²) in [6.45, 7) is 3.53. The number of aromatic nitrogens is 3. The van der Waals surface area contributed by atoms with Gasteiger partial charge in [0.2, 0.25) is 5.89 Å². The van der Waals surface area contributed by atoms with Crippen LogP contribution in [0, 0.1) is 13.8 Å². The van der Waals surface area contributed by atoms with Crippen LogP contribution in [0.5, 0.6) is 0 Å². The average molecular weight is 349 g/mol. The Kier molecular flexibility index (Phi) is 3.96. The first-order valence-electron chi connectivity index (χ1n) is 8.02. The summed E-state index contributed by atoms with van der Waals surface area (Å²) in [5, 5.41) is 4.42. The number of esters is 1. The van der Waals surface area contributed by atoms with Crippen molar-refractivity contribution >= 4 is 17.1 Å². The van der Waals surface area contributed by atoms with Gasteiger partial charge in [0.05, 0.1) is 16.6 Å². The van der Waals surface area contributed by atoms with Gasteiger partial charge in [-0.15, -0.1) is 0 Å². The van der Waals surface area contributed by atoms with E-state index in [0.29, 0.717) is 39.6 Å². The molecule has 0 saturated carbocycles. The number of carbonyl (C=O) groups excluding carboxylic acids is 1. The molecule has 130 valence electrons. The van der Waals surface area contributed by atoms with Crippen molar-refractivity contribution in [2.45, 2.75) is 20.5 Å². The number of carbonyl (C=O) groups is 1. The Morgan fingerprint density at radius 3 is 2.77 bits per heavy atom. The quantitative estimate of drug-likeness (QED) is 0.517. The summed E-state index contributed by atoms with van der Waals surface area (Å²) in [7, 11) is 0. The summed E-state index contributed by atoms with van der Waals surface area (Å²) < 4.78 is 16.0. The predicted molar refractivity (Wildman–Crippen MR) is 92.3 cm³/mol. The maximum atomic E-state index is 12.5. The molecule has 4 aromatic rings. The highest BCUT2D eigenvalue weighted by Gasteiger charge is 2.19. The number of nitrogens with zero attached hydrogens (tertiary/aromatic N) is 3. The number of hydrogen-bond donors (Lipinski definition) is 0. The number of hydrogen-bond acceptors (Lipinski definition) is 7. The lowest BCUT2D eigenvalue weighted by molar-refractivity contribution is 0.0470. The normalized spacial score (nSPS) is 11.0. The first-order valence-corrected chi connectivity index (χ1v) is 8.02. The zero-order valence-corrected chi connectivity index (χ0v) is 14.2. The number of benzene rings is 1. The number of oxazole rings is 1. The number of pyridine rings is 1. The minimum atomic E-state index is -0.490. The number of aryl methyl sites for hydroxylation is 2. The van der Waals surface area contributed by atoms with Crippen molar-refractivity contribution in [3.8, 4) is 11.5 Å². The van der Waals surface area contributed by atoms with Crippen LogP contribution in [0.4, 0.5) is 0 Å². The number of rotatable bonds is 4. The molecule has 3 aromatic heterocycles. The van der Waals surface area contributed by atoms with E-state index in [1.165, 1.54) is 6.26 Å². The molecule has 4 rings (SSSR count). The second-order valence-corrected chi connectivity index (χ2v) is 5.85. The predicted octanol–water partition coefficient (Wildman–Crippen LogP) is 3.85. The largest absolute Gasteiger partial charge is 0.455 e. The monoisotopic (exact) mass is 349 g/mol. The molecule has 0 unspecified atom stereocenters. The van der Waals surface area contributed by atoms with E-state index in [4.69, 9.17) is 13.7 Å². The first kappa shape index (κ1) is 16.0. The molecule has 0 radical (unpaired) electrons. The summed E-state index contributed by atoms with van der Waals surface area (Å²) in [4.78, 5) is 21.1. The van der Waals surface area contributed by atoms with Crippen molar-refractivity contribution in [3.05, 3.63) is 65.3 Å². The van der Waals surface area contributed by atoms with Gasteiger partial charge in [0.25, 0.3) is 5.71 Å². The molecular formula is C19H15N3O4. The molecule has 0 N–H and O–H groups in total. The van der Waals surface area contributed by atoms with Crippen LogP contribution in [0.2, 0.25) is 0 Å². The second-order valence-electron chi connectivity index (χ2n) is 5.85. The molecule has 26 heavy (non-hydrogen) atoms. The summed E-state index contributed by atoms with van der Waals surface area (Å²) in [5.41, 5.74) is 3.32. The van der Waals surface area contributed by atoms with Crippen LogP contribution in [-0.4, -0.2) is 21.1 Å². The molecule has 0 aliphatic carbocycles. The Morgan fingerprint density at radius 2 is 1.96 bits per heavy atom. The van der Waals surface area contributed by atoms with Crippen molar-refractivity contribution in [3.63, 3.8) is 0 Å². The van der Waals surface area contributed by atoms with Crippen molar-refractivity contribution in [2.24, 2.45) is 0 Å². The van der Waals surface area contributed by atoms with Crippen LogP contribution in [0.1, 0.15) is 27.4 Å². The van der Waals surface area contributed by atoms with Gasteiger partial charge in [-0.3, -0.25) is 0 Å². The van der Waals surface area contributed by atoms with E-state index < -0.39 is 5.97 Å². The SMILES string of the molecule is Cc1cc(C(=O)OCc2coc(-c3ccccc3)n2)c2c(C)noc2n1. The van der Waals surface area contributed by atoms with E-state index in [1.807, 2.05) is 30.3 Å². The van der Waals surface area contributed by atoms with Crippen LogP contribution in [0.3, 0.4) is 0 Å². The molecule has 0 amide bonds. The third-order valence-corrected chi connectivity index (χ3v) is 3.89. The number of ether oxygens (including phenoxy) is 1.